The molecule has 6 rings (SSSR count). The smallest absolute Gasteiger partial charge is 0.405 e. The maximum absolute atomic E-state index is 13.3. The van der Waals surface area contributed by atoms with E-state index >= 15 is 0 Å². The number of alkyl halides is 3. The van der Waals surface area contributed by atoms with Crippen molar-refractivity contribution >= 4 is 17.9 Å². The van der Waals surface area contributed by atoms with E-state index in [2.05, 4.69) is 14.8 Å². The summed E-state index contributed by atoms with van der Waals surface area (Å²) in [7, 11) is 0. The monoisotopic (exact) mass is 440 g/mol. The quantitative estimate of drug-likeness (QED) is 0.608. The van der Waals surface area contributed by atoms with E-state index in [9.17, 15) is 18.0 Å². The molecule has 0 radical (unpaired) electrons. The average Bonchev–Trinajstić information content (AvgIpc) is 2.63. The highest BCUT2D eigenvalue weighted by molar-refractivity contribution is 7.97. The third kappa shape index (κ3) is 3.93. The highest BCUT2D eigenvalue weighted by atomic mass is 32.2. The maximum Gasteiger partial charge on any atom is 0.573 e. The van der Waals surface area contributed by atoms with Gasteiger partial charge in [0.1, 0.15) is 11.3 Å². The Balaban J connectivity index is 1.25. The summed E-state index contributed by atoms with van der Waals surface area (Å²) in [4.78, 5) is 13.6. The average molecular weight is 441 g/mol. The van der Waals surface area contributed by atoms with Gasteiger partial charge in [0.25, 0.3) is 0 Å². The minimum Gasteiger partial charge on any atom is -0.405 e. The number of halogens is 3. The molecule has 1 aromatic carbocycles. The molecule has 2 N–H and O–H groups in total. The number of nitrogens with one attached hydrogen (secondary N) is 2. The fourth-order valence-electron chi connectivity index (χ4n) is 6.25. The molecule has 1 aromatic rings. The van der Waals surface area contributed by atoms with Crippen molar-refractivity contribution in [3.8, 4) is 5.75 Å². The minimum atomic E-state index is -4.75. The van der Waals surface area contributed by atoms with E-state index in [1.54, 1.807) is 12.1 Å². The molecular formula is C22H27F3N2O2S. The molecule has 5 aliphatic carbocycles. The maximum atomic E-state index is 13.3. The predicted molar refractivity (Wildman–Crippen MR) is 108 cm³/mol. The second-order valence-electron chi connectivity index (χ2n) is 9.56. The van der Waals surface area contributed by atoms with E-state index in [1.807, 2.05) is 0 Å². The van der Waals surface area contributed by atoms with Crippen LogP contribution in [0.25, 0.3) is 0 Å². The van der Waals surface area contributed by atoms with E-state index in [-0.39, 0.29) is 17.7 Å². The molecule has 164 valence electrons. The molecule has 0 spiro atoms. The van der Waals surface area contributed by atoms with Gasteiger partial charge in [0.15, 0.2) is 0 Å². The lowest BCUT2D eigenvalue weighted by molar-refractivity contribution is -0.275. The molecule has 8 heteroatoms. The minimum absolute atomic E-state index is 0.00736. The normalized spacial score (nSPS) is 33.8. The third-order valence-corrected chi connectivity index (χ3v) is 8.65. The largest absolute Gasteiger partial charge is 0.573 e. The van der Waals surface area contributed by atoms with Gasteiger partial charge in [-0.15, -0.1) is 13.2 Å². The molecule has 1 amide bonds. The first-order valence-corrected chi connectivity index (χ1v) is 11.7. The predicted octanol–water partition coefficient (Wildman–Crippen LogP) is 5.05. The van der Waals surface area contributed by atoms with E-state index in [0.717, 1.165) is 30.2 Å². The topological polar surface area (TPSA) is 50.4 Å². The standard InChI is InChI=1S/C22H27F3N2O2S/c23-22(24,25)29-17-4-1-2-5-18(17)30-27-21(6-3-7-21)20(28)26-19-15-9-13-8-14(11-15)12-16(19)10-13/h1-2,4-5,13-16,19,27H,3,6-12H2,(H,26,28). The van der Waals surface area contributed by atoms with Gasteiger partial charge in [-0.3, -0.25) is 4.79 Å². The van der Waals surface area contributed by atoms with E-state index in [4.69, 9.17) is 0 Å². The van der Waals surface area contributed by atoms with Gasteiger partial charge in [0.05, 0.1) is 4.90 Å². The lowest BCUT2D eigenvalue weighted by atomic mass is 9.54. The molecule has 30 heavy (non-hydrogen) atoms. The van der Waals surface area contributed by atoms with Crippen LogP contribution in [0.2, 0.25) is 0 Å². The molecule has 5 saturated carbocycles. The second kappa shape index (κ2) is 7.62. The highest BCUT2D eigenvalue weighted by Gasteiger charge is 2.51. The lowest BCUT2D eigenvalue weighted by Gasteiger charge is -2.55. The van der Waals surface area contributed by atoms with Crippen molar-refractivity contribution in [1.82, 2.24) is 10.0 Å². The van der Waals surface area contributed by atoms with Crippen molar-refractivity contribution in [1.29, 1.82) is 0 Å². The van der Waals surface area contributed by atoms with Crippen LogP contribution in [-0.4, -0.2) is 23.9 Å². The van der Waals surface area contributed by atoms with Crippen LogP contribution < -0.4 is 14.8 Å². The zero-order valence-corrected chi connectivity index (χ0v) is 17.5. The number of para-hydroxylation sites is 1. The number of ether oxygens (including phenoxy) is 1. The molecule has 5 aliphatic rings. The number of hydrogen-bond acceptors (Lipinski definition) is 4. The first-order chi connectivity index (χ1) is 14.3. The van der Waals surface area contributed by atoms with Crippen molar-refractivity contribution in [3.05, 3.63) is 24.3 Å². The molecule has 0 saturated heterocycles. The van der Waals surface area contributed by atoms with Gasteiger partial charge in [-0.1, -0.05) is 12.1 Å². The van der Waals surface area contributed by atoms with Crippen LogP contribution in [0.1, 0.15) is 51.4 Å². The van der Waals surface area contributed by atoms with Gasteiger partial charge in [0, 0.05) is 6.04 Å². The number of hydrogen-bond donors (Lipinski definition) is 2. The summed E-state index contributed by atoms with van der Waals surface area (Å²) in [6.07, 6.45) is 3.87. The second-order valence-corrected chi connectivity index (χ2v) is 10.4. The Morgan fingerprint density at radius 3 is 2.23 bits per heavy atom. The molecule has 0 unspecified atom stereocenters. The summed E-state index contributed by atoms with van der Waals surface area (Å²) < 4.78 is 45.4. The van der Waals surface area contributed by atoms with E-state index in [1.165, 1.54) is 44.2 Å². The van der Waals surface area contributed by atoms with Crippen LogP contribution in [0.4, 0.5) is 13.2 Å². The van der Waals surface area contributed by atoms with Gasteiger partial charge < -0.3 is 10.1 Å². The summed E-state index contributed by atoms with van der Waals surface area (Å²) in [6.45, 7) is 0. The van der Waals surface area contributed by atoms with Crippen LogP contribution in [0.3, 0.4) is 0 Å². The molecule has 4 nitrogen and oxygen atoms in total. The zero-order chi connectivity index (χ0) is 20.9. The van der Waals surface area contributed by atoms with Gasteiger partial charge >= 0.3 is 6.36 Å². The van der Waals surface area contributed by atoms with Crippen molar-refractivity contribution in [2.75, 3.05) is 0 Å². The molecule has 0 heterocycles. The molecular weight excluding hydrogens is 413 g/mol. The van der Waals surface area contributed by atoms with Crippen molar-refractivity contribution < 1.29 is 22.7 Å². The SMILES string of the molecule is O=C(NC1C2CC3CC(C2)CC1C3)C1(NSc2ccccc2OC(F)(F)F)CCC1. The number of carbonyl (C=O) groups is 1. The van der Waals surface area contributed by atoms with E-state index < -0.39 is 11.9 Å². The summed E-state index contributed by atoms with van der Waals surface area (Å²) in [5.74, 6) is 2.63. The zero-order valence-electron chi connectivity index (χ0n) is 16.7. The Labute approximate surface area is 178 Å². The summed E-state index contributed by atoms with van der Waals surface area (Å²) in [6, 6.07) is 6.29. The Morgan fingerprint density at radius 2 is 1.67 bits per heavy atom. The first kappa shape index (κ1) is 20.5. The Morgan fingerprint density at radius 1 is 1.03 bits per heavy atom. The Kier molecular flexibility index (Phi) is 5.21. The van der Waals surface area contributed by atoms with Crippen molar-refractivity contribution in [3.63, 3.8) is 0 Å². The van der Waals surface area contributed by atoms with Crippen molar-refractivity contribution in [2.45, 2.75) is 74.2 Å². The van der Waals surface area contributed by atoms with Crippen molar-refractivity contribution in [2.24, 2.45) is 23.7 Å². The molecule has 0 aliphatic heterocycles. The first-order valence-electron chi connectivity index (χ1n) is 10.9. The molecule has 0 aromatic heterocycles. The van der Waals surface area contributed by atoms with Gasteiger partial charge in [0.2, 0.25) is 5.91 Å². The van der Waals surface area contributed by atoms with Crippen LogP contribution in [0.5, 0.6) is 5.75 Å². The number of carbonyl (C=O) groups excluding carboxylic acids is 1. The Bertz CT molecular complexity index is 784. The highest BCUT2D eigenvalue weighted by Crippen LogP contribution is 2.54. The van der Waals surface area contributed by atoms with Gasteiger partial charge in [-0.25, -0.2) is 4.72 Å². The number of rotatable bonds is 6. The molecule has 5 fully saturated rings. The lowest BCUT2D eigenvalue weighted by Crippen LogP contribution is -2.64. The number of benzene rings is 1. The Hall–Kier alpha value is -1.41. The van der Waals surface area contributed by atoms with Gasteiger partial charge in [-0.2, -0.15) is 0 Å². The molecule has 4 bridgehead atoms. The van der Waals surface area contributed by atoms with E-state index in [0.29, 0.717) is 29.6 Å². The fraction of sp³-hybridized carbons (Fsp3) is 0.682. The van der Waals surface area contributed by atoms with Crippen LogP contribution in [-0.2, 0) is 4.79 Å². The summed E-state index contributed by atoms with van der Waals surface area (Å²) in [5.41, 5.74) is -0.718. The fourth-order valence-corrected chi connectivity index (χ4v) is 7.21. The van der Waals surface area contributed by atoms with Crippen LogP contribution in [0, 0.1) is 23.7 Å². The van der Waals surface area contributed by atoms with Gasteiger partial charge in [-0.05, 0) is 99.1 Å². The van der Waals surface area contributed by atoms with Crippen LogP contribution >= 0.6 is 11.9 Å². The summed E-state index contributed by atoms with van der Waals surface area (Å²) >= 11 is 1.05. The number of amides is 1. The summed E-state index contributed by atoms with van der Waals surface area (Å²) in [5, 5.41) is 3.37. The van der Waals surface area contributed by atoms with Crippen LogP contribution in [0.15, 0.2) is 29.2 Å². The third-order valence-electron chi connectivity index (χ3n) is 7.60. The molecule has 0 atom stereocenters.